The molecule has 4 nitrogen and oxygen atoms in total. The number of carbonyl (C=O) groups excluding carboxylic acids is 1. The van der Waals surface area contributed by atoms with Crippen molar-refractivity contribution in [2.45, 2.75) is 84.0 Å². The van der Waals surface area contributed by atoms with Crippen LogP contribution in [0.2, 0.25) is 0 Å². The molecule has 0 aromatic carbocycles. The Bertz CT molecular complexity index is 562. The Balaban J connectivity index is 1.66. The van der Waals surface area contributed by atoms with Gasteiger partial charge in [-0.1, -0.05) is 20.8 Å². The Kier molecular flexibility index (Phi) is 4.14. The number of hydrogen-bond donors (Lipinski definition) is 3. The first-order valence-corrected chi connectivity index (χ1v) is 10.3. The third-order valence-electron chi connectivity index (χ3n) is 9.20. The number of aliphatic hydroxyl groups excluding tert-OH is 3. The summed E-state index contributed by atoms with van der Waals surface area (Å²) in [4.78, 5) is 12.6. The van der Waals surface area contributed by atoms with Crippen LogP contribution < -0.4 is 0 Å². The first kappa shape index (κ1) is 17.9. The topological polar surface area (TPSA) is 77.8 Å². The highest BCUT2D eigenvalue weighted by Crippen LogP contribution is 2.67. The summed E-state index contributed by atoms with van der Waals surface area (Å²) in [5, 5.41) is 31.1. The molecule has 4 heteroatoms. The normalized spacial score (nSPS) is 58.4. The van der Waals surface area contributed by atoms with Crippen LogP contribution in [-0.2, 0) is 4.79 Å². The van der Waals surface area contributed by atoms with Gasteiger partial charge in [0, 0.05) is 12.3 Å². The van der Waals surface area contributed by atoms with E-state index in [0.717, 1.165) is 38.5 Å². The van der Waals surface area contributed by atoms with Gasteiger partial charge in [-0.05, 0) is 73.0 Å². The van der Waals surface area contributed by atoms with E-state index in [4.69, 9.17) is 0 Å². The SMILES string of the molecule is CC[C@H]1C(=O)C[C@@H]2[C@H]3CC[C@H]4[C@@H](O)[C@@H](O)[C@@H](O)C[C@]4(C)[C@H]3CC[C@@]21C. The molecular weight excluding hydrogens is 316 g/mol. The maximum atomic E-state index is 12.6. The largest absolute Gasteiger partial charge is 0.390 e. The molecule has 4 rings (SSSR count). The Morgan fingerprint density at radius 3 is 2.36 bits per heavy atom. The molecule has 0 heterocycles. The highest BCUT2D eigenvalue weighted by Gasteiger charge is 2.63. The summed E-state index contributed by atoms with van der Waals surface area (Å²) in [6, 6.07) is 0. The summed E-state index contributed by atoms with van der Waals surface area (Å²) in [7, 11) is 0. The van der Waals surface area contributed by atoms with E-state index in [2.05, 4.69) is 20.8 Å². The highest BCUT2D eigenvalue weighted by atomic mass is 16.4. The molecular formula is C21H34O4. The number of hydrogen-bond acceptors (Lipinski definition) is 4. The quantitative estimate of drug-likeness (QED) is 0.679. The minimum absolute atomic E-state index is 0.0654. The van der Waals surface area contributed by atoms with Crippen molar-refractivity contribution in [3.63, 3.8) is 0 Å². The van der Waals surface area contributed by atoms with Crippen LogP contribution >= 0.6 is 0 Å². The summed E-state index contributed by atoms with van der Waals surface area (Å²) < 4.78 is 0. The van der Waals surface area contributed by atoms with Crippen molar-refractivity contribution >= 4 is 5.78 Å². The first-order chi connectivity index (χ1) is 11.7. The van der Waals surface area contributed by atoms with Crippen LogP contribution in [-0.4, -0.2) is 39.4 Å². The lowest BCUT2D eigenvalue weighted by Crippen LogP contribution is -2.61. The van der Waals surface area contributed by atoms with Crippen LogP contribution in [0.5, 0.6) is 0 Å². The Morgan fingerprint density at radius 1 is 0.960 bits per heavy atom. The third-order valence-corrected chi connectivity index (χ3v) is 9.20. The number of ketones is 1. The van der Waals surface area contributed by atoms with Gasteiger partial charge in [-0.2, -0.15) is 0 Å². The fourth-order valence-electron chi connectivity index (χ4n) is 7.97. The third kappa shape index (κ3) is 2.26. The average molecular weight is 350 g/mol. The van der Waals surface area contributed by atoms with Gasteiger partial charge in [-0.3, -0.25) is 4.79 Å². The summed E-state index contributed by atoms with van der Waals surface area (Å²) in [6.07, 6.45) is 3.71. The molecule has 0 bridgehead atoms. The van der Waals surface area contributed by atoms with Crippen LogP contribution in [0.3, 0.4) is 0 Å². The Hall–Kier alpha value is -0.450. The van der Waals surface area contributed by atoms with Crippen LogP contribution in [0.25, 0.3) is 0 Å². The molecule has 4 aliphatic carbocycles. The molecule has 0 aromatic heterocycles. The second kappa shape index (κ2) is 5.77. The van der Waals surface area contributed by atoms with E-state index in [0.29, 0.717) is 30.0 Å². The zero-order valence-electron chi connectivity index (χ0n) is 15.8. The Labute approximate surface area is 151 Å². The van der Waals surface area contributed by atoms with Crippen LogP contribution in [0, 0.1) is 40.4 Å². The summed E-state index contributed by atoms with van der Waals surface area (Å²) in [5.41, 5.74) is 0.0112. The zero-order valence-corrected chi connectivity index (χ0v) is 15.8. The molecule has 0 aromatic rings. The van der Waals surface area contributed by atoms with Gasteiger partial charge in [0.25, 0.3) is 0 Å². The van der Waals surface area contributed by atoms with Crippen LogP contribution in [0.1, 0.15) is 65.7 Å². The lowest BCUT2D eigenvalue weighted by molar-refractivity contribution is -0.207. The number of rotatable bonds is 1. The second-order valence-electron chi connectivity index (χ2n) is 9.99. The molecule has 0 saturated heterocycles. The molecule has 0 amide bonds. The van der Waals surface area contributed by atoms with Crippen LogP contribution in [0.4, 0.5) is 0 Å². The molecule has 4 fully saturated rings. The van der Waals surface area contributed by atoms with Crippen molar-refractivity contribution in [1.82, 2.24) is 0 Å². The predicted molar refractivity (Wildman–Crippen MR) is 94.7 cm³/mol. The van der Waals surface area contributed by atoms with Gasteiger partial charge in [-0.25, -0.2) is 0 Å². The fourth-order valence-corrected chi connectivity index (χ4v) is 7.97. The summed E-state index contributed by atoms with van der Waals surface area (Å²) in [5.74, 6) is 2.17. The number of carbonyl (C=O) groups is 1. The van der Waals surface area contributed by atoms with Gasteiger partial charge in [0.15, 0.2) is 0 Å². The maximum Gasteiger partial charge on any atom is 0.136 e. The second-order valence-corrected chi connectivity index (χ2v) is 9.99. The molecule has 4 aliphatic rings. The molecule has 0 unspecified atom stereocenters. The van der Waals surface area contributed by atoms with Crippen molar-refractivity contribution in [3.8, 4) is 0 Å². The molecule has 0 radical (unpaired) electrons. The molecule has 0 spiro atoms. The number of Topliss-reactive ketones (excluding diaryl/α,β-unsaturated/α-hetero) is 1. The van der Waals surface area contributed by atoms with Crippen molar-refractivity contribution in [1.29, 1.82) is 0 Å². The van der Waals surface area contributed by atoms with Gasteiger partial charge in [0.05, 0.1) is 12.2 Å². The molecule has 0 aliphatic heterocycles. The van der Waals surface area contributed by atoms with Crippen molar-refractivity contribution in [2.75, 3.05) is 0 Å². The minimum Gasteiger partial charge on any atom is -0.390 e. The summed E-state index contributed by atoms with van der Waals surface area (Å²) in [6.45, 7) is 6.72. The lowest BCUT2D eigenvalue weighted by Gasteiger charge is -2.62. The standard InChI is InChI=1S/C21H34O4/c1-4-12-16(22)9-15-11-5-6-14-18(24)19(25)17(23)10-21(14,3)13(11)7-8-20(12,15)2/h11-15,17-19,23-25H,4-10H2,1-3H3/t11-,12-,13-,14-,15+,17-,18+,19-,20+,21+/m0/s1. The van der Waals surface area contributed by atoms with E-state index in [1.165, 1.54) is 0 Å². The van der Waals surface area contributed by atoms with Gasteiger partial charge >= 0.3 is 0 Å². The smallest absolute Gasteiger partial charge is 0.136 e. The predicted octanol–water partition coefficient (Wildman–Crippen LogP) is 2.54. The van der Waals surface area contributed by atoms with E-state index in [-0.39, 0.29) is 22.7 Å². The molecule has 3 N–H and O–H groups in total. The minimum atomic E-state index is -1.01. The van der Waals surface area contributed by atoms with Crippen molar-refractivity contribution in [2.24, 2.45) is 40.4 Å². The Morgan fingerprint density at radius 2 is 1.68 bits per heavy atom. The van der Waals surface area contributed by atoms with E-state index < -0.39 is 18.3 Å². The van der Waals surface area contributed by atoms with E-state index >= 15 is 0 Å². The molecule has 4 saturated carbocycles. The number of fused-ring (bicyclic) bond motifs is 5. The maximum absolute atomic E-state index is 12.6. The molecule has 25 heavy (non-hydrogen) atoms. The zero-order chi connectivity index (χ0) is 18.1. The van der Waals surface area contributed by atoms with Crippen LogP contribution in [0.15, 0.2) is 0 Å². The molecule has 142 valence electrons. The lowest BCUT2D eigenvalue weighted by atomic mass is 9.44. The monoisotopic (exact) mass is 350 g/mol. The van der Waals surface area contributed by atoms with E-state index in [9.17, 15) is 20.1 Å². The van der Waals surface area contributed by atoms with E-state index in [1.54, 1.807) is 0 Å². The number of aliphatic hydroxyl groups is 3. The van der Waals surface area contributed by atoms with Gasteiger partial charge in [-0.15, -0.1) is 0 Å². The van der Waals surface area contributed by atoms with Crippen molar-refractivity contribution < 1.29 is 20.1 Å². The average Bonchev–Trinajstić information content (AvgIpc) is 2.82. The highest BCUT2D eigenvalue weighted by molar-refractivity contribution is 5.84. The molecule has 10 atom stereocenters. The van der Waals surface area contributed by atoms with Crippen molar-refractivity contribution in [3.05, 3.63) is 0 Å². The van der Waals surface area contributed by atoms with Gasteiger partial charge in [0.2, 0.25) is 0 Å². The van der Waals surface area contributed by atoms with Gasteiger partial charge < -0.3 is 15.3 Å². The van der Waals surface area contributed by atoms with E-state index in [1.807, 2.05) is 0 Å². The fraction of sp³-hybridized carbons (Fsp3) is 0.952. The first-order valence-electron chi connectivity index (χ1n) is 10.3. The summed E-state index contributed by atoms with van der Waals surface area (Å²) >= 11 is 0. The van der Waals surface area contributed by atoms with Gasteiger partial charge in [0.1, 0.15) is 11.9 Å².